The molecule has 0 saturated carbocycles. The lowest BCUT2D eigenvalue weighted by Crippen LogP contribution is -2.39. The summed E-state index contributed by atoms with van der Waals surface area (Å²) in [6.45, 7) is 4.82. The highest BCUT2D eigenvalue weighted by atomic mass is 16.2. The van der Waals surface area contributed by atoms with Crippen LogP contribution < -0.4 is 0 Å². The number of carbonyl (C=O) groups is 1. The van der Waals surface area contributed by atoms with Crippen molar-refractivity contribution in [1.29, 1.82) is 0 Å². The van der Waals surface area contributed by atoms with E-state index < -0.39 is 0 Å². The van der Waals surface area contributed by atoms with E-state index in [4.69, 9.17) is 0 Å². The van der Waals surface area contributed by atoms with Crippen molar-refractivity contribution >= 4 is 5.91 Å². The second-order valence-corrected chi connectivity index (χ2v) is 6.25. The molecule has 1 saturated heterocycles. The summed E-state index contributed by atoms with van der Waals surface area (Å²) in [5.41, 5.74) is 1.58. The molecule has 0 unspecified atom stereocenters. The number of aromatic nitrogens is 3. The fourth-order valence-corrected chi connectivity index (χ4v) is 3.01. The highest BCUT2D eigenvalue weighted by molar-refractivity contribution is 5.92. The van der Waals surface area contributed by atoms with E-state index in [9.17, 15) is 4.79 Å². The number of hydrogen-bond acceptors (Lipinski definition) is 4. The normalized spacial score (nSPS) is 18.2. The third-order valence-electron chi connectivity index (χ3n) is 4.24. The van der Waals surface area contributed by atoms with Gasteiger partial charge in [0.25, 0.3) is 5.91 Å². The van der Waals surface area contributed by atoms with Gasteiger partial charge < -0.3 is 4.90 Å². The first-order valence-corrected chi connectivity index (χ1v) is 8.20. The largest absolute Gasteiger partial charge is 0.330 e. The van der Waals surface area contributed by atoms with Crippen molar-refractivity contribution < 1.29 is 4.79 Å². The summed E-state index contributed by atoms with van der Waals surface area (Å²) in [5, 5.41) is 0. The monoisotopic (exact) mass is 310 g/mol. The van der Waals surface area contributed by atoms with E-state index in [1.54, 1.807) is 18.5 Å². The zero-order chi connectivity index (χ0) is 16.2. The molecule has 0 spiro atoms. The van der Waals surface area contributed by atoms with Crippen LogP contribution in [-0.2, 0) is 0 Å². The number of rotatable bonds is 3. The first kappa shape index (κ1) is 15.6. The third kappa shape index (κ3) is 3.38. The zero-order valence-electron chi connectivity index (χ0n) is 13.6. The van der Waals surface area contributed by atoms with Crippen LogP contribution in [0.25, 0.3) is 0 Å². The zero-order valence-corrected chi connectivity index (χ0v) is 13.6. The summed E-state index contributed by atoms with van der Waals surface area (Å²) >= 11 is 0. The van der Waals surface area contributed by atoms with Crippen molar-refractivity contribution in [2.24, 2.45) is 0 Å². The Bertz CT molecular complexity index is 672. The van der Waals surface area contributed by atoms with Crippen LogP contribution in [0, 0.1) is 0 Å². The molecule has 0 bridgehead atoms. The predicted octanol–water partition coefficient (Wildman–Crippen LogP) is 3.36. The number of carbonyl (C=O) groups excluding carboxylic acids is 1. The Kier molecular flexibility index (Phi) is 4.65. The van der Waals surface area contributed by atoms with Gasteiger partial charge in [-0.2, -0.15) is 0 Å². The number of piperidine rings is 1. The molecule has 2 aromatic rings. The molecule has 23 heavy (non-hydrogen) atoms. The van der Waals surface area contributed by atoms with Crippen molar-refractivity contribution in [2.75, 3.05) is 6.54 Å². The molecule has 5 nitrogen and oxygen atoms in total. The van der Waals surface area contributed by atoms with Gasteiger partial charge in [0.1, 0.15) is 11.5 Å². The van der Waals surface area contributed by atoms with Crippen LogP contribution in [0.2, 0.25) is 0 Å². The molecule has 2 aromatic heterocycles. The van der Waals surface area contributed by atoms with Gasteiger partial charge in [0, 0.05) is 31.1 Å². The molecule has 0 N–H and O–H groups in total. The van der Waals surface area contributed by atoms with E-state index in [2.05, 4.69) is 15.0 Å². The molecule has 1 aliphatic heterocycles. The molecular formula is C18H22N4O. The Morgan fingerprint density at radius 1 is 1.26 bits per heavy atom. The van der Waals surface area contributed by atoms with E-state index in [0.717, 1.165) is 31.4 Å². The van der Waals surface area contributed by atoms with Crippen molar-refractivity contribution in [1.82, 2.24) is 19.9 Å². The maximum atomic E-state index is 13.0. The van der Waals surface area contributed by atoms with Gasteiger partial charge in [-0.3, -0.25) is 9.78 Å². The van der Waals surface area contributed by atoms with E-state index in [1.165, 1.54) is 0 Å². The minimum absolute atomic E-state index is 0.0112. The molecule has 5 heteroatoms. The Morgan fingerprint density at radius 3 is 2.87 bits per heavy atom. The molecule has 1 fully saturated rings. The molecule has 120 valence electrons. The summed E-state index contributed by atoms with van der Waals surface area (Å²) in [4.78, 5) is 27.8. The van der Waals surface area contributed by atoms with E-state index in [-0.39, 0.29) is 17.9 Å². The maximum absolute atomic E-state index is 13.0. The Labute approximate surface area is 136 Å². The van der Waals surface area contributed by atoms with Crippen LogP contribution in [0.3, 0.4) is 0 Å². The minimum atomic E-state index is -0.0112. The number of pyridine rings is 1. The predicted molar refractivity (Wildman–Crippen MR) is 88.0 cm³/mol. The lowest BCUT2D eigenvalue weighted by atomic mass is 9.96. The van der Waals surface area contributed by atoms with Gasteiger partial charge in [0.05, 0.1) is 6.04 Å². The molecular weight excluding hydrogens is 288 g/mol. The van der Waals surface area contributed by atoms with Crippen LogP contribution >= 0.6 is 0 Å². The summed E-state index contributed by atoms with van der Waals surface area (Å²) in [7, 11) is 0. The van der Waals surface area contributed by atoms with Gasteiger partial charge in [-0.15, -0.1) is 0 Å². The van der Waals surface area contributed by atoms with Crippen molar-refractivity contribution in [3.63, 3.8) is 0 Å². The number of nitrogens with zero attached hydrogens (tertiary/aromatic N) is 4. The van der Waals surface area contributed by atoms with Crippen LogP contribution in [0.5, 0.6) is 0 Å². The Balaban J connectivity index is 1.88. The van der Waals surface area contributed by atoms with Gasteiger partial charge in [-0.1, -0.05) is 19.9 Å². The van der Waals surface area contributed by atoms with Gasteiger partial charge in [0.2, 0.25) is 0 Å². The van der Waals surface area contributed by atoms with Gasteiger partial charge >= 0.3 is 0 Å². The molecule has 3 heterocycles. The smallest absolute Gasteiger partial charge is 0.273 e. The average molecular weight is 310 g/mol. The first-order valence-electron chi connectivity index (χ1n) is 8.20. The lowest BCUT2D eigenvalue weighted by molar-refractivity contribution is 0.0604. The van der Waals surface area contributed by atoms with Crippen molar-refractivity contribution in [2.45, 2.75) is 45.1 Å². The van der Waals surface area contributed by atoms with Crippen LogP contribution in [0.15, 0.2) is 36.8 Å². The summed E-state index contributed by atoms with van der Waals surface area (Å²) < 4.78 is 0. The topological polar surface area (TPSA) is 59.0 Å². The molecule has 0 aromatic carbocycles. The molecule has 0 radical (unpaired) electrons. The second-order valence-electron chi connectivity index (χ2n) is 6.25. The maximum Gasteiger partial charge on any atom is 0.273 e. The molecule has 1 atom stereocenters. The van der Waals surface area contributed by atoms with Gasteiger partial charge in [0.15, 0.2) is 0 Å². The minimum Gasteiger partial charge on any atom is -0.330 e. The number of amides is 1. The molecule has 1 aliphatic rings. The van der Waals surface area contributed by atoms with Gasteiger partial charge in [-0.25, -0.2) is 9.97 Å². The highest BCUT2D eigenvalue weighted by Crippen LogP contribution is 2.31. The van der Waals surface area contributed by atoms with Crippen LogP contribution in [-0.4, -0.2) is 32.3 Å². The quantitative estimate of drug-likeness (QED) is 0.872. The summed E-state index contributed by atoms with van der Waals surface area (Å²) in [6, 6.07) is 5.77. The Morgan fingerprint density at radius 2 is 2.13 bits per heavy atom. The SMILES string of the molecule is CC(C)c1nccc(C(=O)N2CCCC[C@H]2c2cccnc2)n1. The van der Waals surface area contributed by atoms with Crippen LogP contribution in [0.4, 0.5) is 0 Å². The second kappa shape index (κ2) is 6.86. The standard InChI is InChI=1S/C18H22N4O/c1-13(2)17-20-10-8-15(21-17)18(23)22-11-4-3-7-16(22)14-6-5-9-19-12-14/h5-6,8-10,12-13,16H,3-4,7,11H2,1-2H3/t16-/m0/s1. The first-order chi connectivity index (χ1) is 11.2. The Hall–Kier alpha value is -2.30. The fourth-order valence-electron chi connectivity index (χ4n) is 3.01. The number of hydrogen-bond donors (Lipinski definition) is 0. The molecule has 3 rings (SSSR count). The summed E-state index contributed by atoms with van der Waals surface area (Å²) in [6.07, 6.45) is 8.43. The number of likely N-dealkylation sites (tertiary alicyclic amines) is 1. The molecule has 0 aliphatic carbocycles. The third-order valence-corrected chi connectivity index (χ3v) is 4.24. The van der Waals surface area contributed by atoms with Crippen molar-refractivity contribution in [3.8, 4) is 0 Å². The average Bonchev–Trinajstić information content (AvgIpc) is 2.62. The lowest BCUT2D eigenvalue weighted by Gasteiger charge is -2.35. The highest BCUT2D eigenvalue weighted by Gasteiger charge is 2.29. The van der Waals surface area contributed by atoms with E-state index in [0.29, 0.717) is 11.5 Å². The van der Waals surface area contributed by atoms with Gasteiger partial charge in [-0.05, 0) is 37.0 Å². The van der Waals surface area contributed by atoms with Crippen LogP contribution in [0.1, 0.15) is 66.9 Å². The fraction of sp³-hybridized carbons (Fsp3) is 0.444. The van der Waals surface area contributed by atoms with E-state index >= 15 is 0 Å². The van der Waals surface area contributed by atoms with E-state index in [1.807, 2.05) is 37.1 Å². The van der Waals surface area contributed by atoms with Crippen molar-refractivity contribution in [3.05, 3.63) is 53.9 Å². The molecule has 1 amide bonds. The summed E-state index contributed by atoms with van der Waals surface area (Å²) in [5.74, 6) is 0.909.